The number of hydrogen-bond donors (Lipinski definition) is 2. The molecule has 1 aromatic heterocycles. The van der Waals surface area contributed by atoms with Crippen LogP contribution in [0.25, 0.3) is 0 Å². The summed E-state index contributed by atoms with van der Waals surface area (Å²) in [5.74, 6) is 0.559. The predicted molar refractivity (Wildman–Crippen MR) is 77.7 cm³/mol. The number of nitrogens with zero attached hydrogens (tertiary/aromatic N) is 3. The van der Waals surface area contributed by atoms with E-state index in [1.54, 1.807) is 7.11 Å². The van der Waals surface area contributed by atoms with E-state index in [9.17, 15) is 4.79 Å². The van der Waals surface area contributed by atoms with Crippen LogP contribution >= 0.6 is 0 Å². The number of carbonyl (C=O) groups is 1. The van der Waals surface area contributed by atoms with Gasteiger partial charge < -0.3 is 10.1 Å². The average Bonchev–Trinajstić information content (AvgIpc) is 2.94. The summed E-state index contributed by atoms with van der Waals surface area (Å²) in [5, 5.41) is 16.6. The fourth-order valence-electron chi connectivity index (χ4n) is 1.87. The van der Waals surface area contributed by atoms with Gasteiger partial charge >= 0.3 is 0 Å². The maximum atomic E-state index is 12.1. The van der Waals surface area contributed by atoms with E-state index in [1.165, 1.54) is 0 Å². The minimum atomic E-state index is -0.571. The Morgan fingerprint density at radius 3 is 2.62 bits per heavy atom. The van der Waals surface area contributed by atoms with E-state index >= 15 is 0 Å². The van der Waals surface area contributed by atoms with E-state index in [4.69, 9.17) is 4.74 Å². The number of carbonyl (C=O) groups excluding carboxylic acids is 1. The van der Waals surface area contributed by atoms with Crippen LogP contribution in [0.15, 0.2) is 24.3 Å². The number of anilines is 1. The number of aromatic nitrogens is 4. The summed E-state index contributed by atoms with van der Waals surface area (Å²) in [6, 6.07) is 7.57. The van der Waals surface area contributed by atoms with Crippen molar-refractivity contribution in [2.24, 2.45) is 5.41 Å². The highest BCUT2D eigenvalue weighted by atomic mass is 16.5. The van der Waals surface area contributed by atoms with Crippen LogP contribution in [0.2, 0.25) is 0 Å². The molecule has 0 atom stereocenters. The van der Waals surface area contributed by atoms with Crippen LogP contribution in [-0.2, 0) is 16.0 Å². The summed E-state index contributed by atoms with van der Waals surface area (Å²) >= 11 is 0. The molecular weight excluding hydrogens is 270 g/mol. The van der Waals surface area contributed by atoms with Gasteiger partial charge in [0.1, 0.15) is 0 Å². The van der Waals surface area contributed by atoms with Gasteiger partial charge in [0.25, 0.3) is 0 Å². The number of hydrogen-bond acceptors (Lipinski definition) is 5. The zero-order valence-electron chi connectivity index (χ0n) is 12.4. The van der Waals surface area contributed by atoms with Crippen LogP contribution in [0.4, 0.5) is 5.69 Å². The number of ether oxygens (including phenoxy) is 1. The van der Waals surface area contributed by atoms with Gasteiger partial charge in [-0.15, -0.1) is 10.2 Å². The molecule has 0 spiro atoms. The molecule has 0 aliphatic heterocycles. The first kappa shape index (κ1) is 15.1. The van der Waals surface area contributed by atoms with Gasteiger partial charge in [-0.1, -0.05) is 17.3 Å². The van der Waals surface area contributed by atoms with Crippen LogP contribution in [0.3, 0.4) is 0 Å². The molecule has 7 heteroatoms. The van der Waals surface area contributed by atoms with Gasteiger partial charge in [0, 0.05) is 19.2 Å². The smallest absolute Gasteiger partial charge is 0.232 e. The quantitative estimate of drug-likeness (QED) is 0.838. The van der Waals surface area contributed by atoms with Crippen molar-refractivity contribution < 1.29 is 9.53 Å². The van der Waals surface area contributed by atoms with Gasteiger partial charge in [-0.3, -0.25) is 4.79 Å². The molecule has 0 bridgehead atoms. The molecule has 7 nitrogen and oxygen atoms in total. The minimum Gasteiger partial charge on any atom is -0.384 e. The lowest BCUT2D eigenvalue weighted by Gasteiger charge is -2.22. The molecule has 0 aliphatic carbocycles. The molecule has 2 N–H and O–H groups in total. The van der Waals surface area contributed by atoms with E-state index in [-0.39, 0.29) is 5.91 Å². The SMILES string of the molecule is COCC(C)(C)C(=O)Nc1ccc(Cc2nn[nH]n2)cc1. The van der Waals surface area contributed by atoms with Gasteiger partial charge in [-0.05, 0) is 31.5 Å². The molecule has 0 aliphatic rings. The fraction of sp³-hybridized carbons (Fsp3) is 0.429. The number of rotatable bonds is 6. The van der Waals surface area contributed by atoms with Crippen LogP contribution in [-0.4, -0.2) is 40.2 Å². The Bertz CT molecular complexity index is 578. The molecule has 2 rings (SSSR count). The maximum Gasteiger partial charge on any atom is 0.232 e. The van der Waals surface area contributed by atoms with Crippen molar-refractivity contribution >= 4 is 11.6 Å². The number of benzene rings is 1. The van der Waals surface area contributed by atoms with E-state index < -0.39 is 5.41 Å². The third-order valence-electron chi connectivity index (χ3n) is 3.08. The molecule has 112 valence electrons. The molecule has 1 amide bonds. The number of aromatic amines is 1. The lowest BCUT2D eigenvalue weighted by atomic mass is 9.93. The second kappa shape index (κ2) is 6.45. The zero-order valence-corrected chi connectivity index (χ0v) is 12.4. The van der Waals surface area contributed by atoms with Crippen molar-refractivity contribution in [2.75, 3.05) is 19.0 Å². The van der Waals surface area contributed by atoms with E-state index in [2.05, 4.69) is 25.9 Å². The largest absolute Gasteiger partial charge is 0.384 e. The summed E-state index contributed by atoms with van der Waals surface area (Å²) in [6.45, 7) is 4.06. The summed E-state index contributed by atoms with van der Waals surface area (Å²) in [4.78, 5) is 12.1. The molecule has 0 saturated heterocycles. The first-order valence-electron chi connectivity index (χ1n) is 6.63. The van der Waals surface area contributed by atoms with Gasteiger partial charge in [0.15, 0.2) is 5.82 Å². The Balaban J connectivity index is 1.97. The highest BCUT2D eigenvalue weighted by Crippen LogP contribution is 2.19. The van der Waals surface area contributed by atoms with Gasteiger partial charge in [0.2, 0.25) is 5.91 Å². The molecule has 0 unspecified atom stereocenters. The number of tetrazole rings is 1. The molecule has 0 fully saturated rings. The van der Waals surface area contributed by atoms with Gasteiger partial charge in [-0.2, -0.15) is 5.21 Å². The van der Waals surface area contributed by atoms with E-state index in [0.717, 1.165) is 11.3 Å². The molecule has 0 radical (unpaired) electrons. The number of amides is 1. The Morgan fingerprint density at radius 2 is 2.05 bits per heavy atom. The molecule has 2 aromatic rings. The number of nitrogens with one attached hydrogen (secondary N) is 2. The fourth-order valence-corrected chi connectivity index (χ4v) is 1.87. The molecule has 0 saturated carbocycles. The third kappa shape index (κ3) is 4.09. The van der Waals surface area contributed by atoms with Crippen LogP contribution in [0.5, 0.6) is 0 Å². The summed E-state index contributed by atoms with van der Waals surface area (Å²) in [7, 11) is 1.59. The number of H-pyrrole nitrogens is 1. The van der Waals surface area contributed by atoms with Crippen molar-refractivity contribution in [3.05, 3.63) is 35.7 Å². The minimum absolute atomic E-state index is 0.0738. The highest BCUT2D eigenvalue weighted by Gasteiger charge is 2.27. The van der Waals surface area contributed by atoms with Crippen LogP contribution in [0.1, 0.15) is 25.2 Å². The molecule has 1 aromatic carbocycles. The first-order valence-corrected chi connectivity index (χ1v) is 6.63. The predicted octanol–water partition coefficient (Wildman–Crippen LogP) is 1.40. The average molecular weight is 289 g/mol. The summed E-state index contributed by atoms with van der Waals surface area (Å²) in [6.07, 6.45) is 0.597. The third-order valence-corrected chi connectivity index (χ3v) is 3.08. The molecular formula is C14H19N5O2. The molecule has 21 heavy (non-hydrogen) atoms. The van der Waals surface area contributed by atoms with Crippen molar-refractivity contribution in [1.82, 2.24) is 20.6 Å². The second-order valence-corrected chi connectivity index (χ2v) is 5.47. The lowest BCUT2D eigenvalue weighted by Crippen LogP contribution is -2.34. The maximum absolute atomic E-state index is 12.1. The Kier molecular flexibility index (Phi) is 4.64. The second-order valence-electron chi connectivity index (χ2n) is 5.47. The highest BCUT2D eigenvalue weighted by molar-refractivity contribution is 5.94. The summed E-state index contributed by atoms with van der Waals surface area (Å²) < 4.78 is 5.06. The standard InChI is InChI=1S/C14H19N5O2/c1-14(2,9-21-3)13(20)15-11-6-4-10(5-7-11)8-12-16-18-19-17-12/h4-7H,8-9H2,1-3H3,(H,15,20)(H,16,17,18,19). The number of methoxy groups -OCH3 is 1. The van der Waals surface area contributed by atoms with Crippen molar-refractivity contribution in [1.29, 1.82) is 0 Å². The Labute approximate surface area is 123 Å². The normalized spacial score (nSPS) is 11.4. The topological polar surface area (TPSA) is 92.8 Å². The monoisotopic (exact) mass is 289 g/mol. The summed E-state index contributed by atoms with van der Waals surface area (Å²) in [5.41, 5.74) is 1.23. The van der Waals surface area contributed by atoms with Crippen molar-refractivity contribution in [3.8, 4) is 0 Å². The molecule has 1 heterocycles. The van der Waals surface area contributed by atoms with E-state index in [0.29, 0.717) is 18.9 Å². The zero-order chi connectivity index (χ0) is 15.3. The Morgan fingerprint density at radius 1 is 1.33 bits per heavy atom. The van der Waals surface area contributed by atoms with Crippen molar-refractivity contribution in [3.63, 3.8) is 0 Å². The van der Waals surface area contributed by atoms with Crippen LogP contribution in [0, 0.1) is 5.41 Å². The lowest BCUT2D eigenvalue weighted by molar-refractivity contribution is -0.126. The Hall–Kier alpha value is -2.28. The van der Waals surface area contributed by atoms with Crippen molar-refractivity contribution in [2.45, 2.75) is 20.3 Å². The first-order chi connectivity index (χ1) is 10.0. The van der Waals surface area contributed by atoms with Gasteiger partial charge in [0.05, 0.1) is 12.0 Å². The van der Waals surface area contributed by atoms with E-state index in [1.807, 2.05) is 38.1 Å². The van der Waals surface area contributed by atoms with Gasteiger partial charge in [-0.25, -0.2) is 0 Å². The van der Waals surface area contributed by atoms with Crippen LogP contribution < -0.4 is 5.32 Å².